The number of benzene rings is 1. The molecule has 0 heterocycles. The normalized spacial score (nSPS) is 8.42. The van der Waals surface area contributed by atoms with E-state index in [4.69, 9.17) is 16.7 Å². The summed E-state index contributed by atoms with van der Waals surface area (Å²) in [6.07, 6.45) is -1.09. The van der Waals surface area contributed by atoms with E-state index in [2.05, 4.69) is 5.32 Å². The van der Waals surface area contributed by atoms with Crippen molar-refractivity contribution in [1.82, 2.24) is 0 Å². The molecule has 1 rings (SSSR count). The molecule has 12 heavy (non-hydrogen) atoms. The quantitative estimate of drug-likeness (QED) is 0.717. The Hall–Kier alpha value is -1.29. The van der Waals surface area contributed by atoms with Crippen molar-refractivity contribution in [2.45, 2.75) is 0 Å². The SMILES string of the molecule is F.O=C(O)Nc1cccc(Cl)c1. The average Bonchev–Trinajstić information content (AvgIpc) is 1.85. The minimum atomic E-state index is -1.09. The molecule has 0 saturated heterocycles. The van der Waals surface area contributed by atoms with Gasteiger partial charge < -0.3 is 5.11 Å². The molecule has 0 bridgehead atoms. The maximum atomic E-state index is 10.1. The van der Waals surface area contributed by atoms with Gasteiger partial charge in [0.05, 0.1) is 0 Å². The molecule has 1 amide bonds. The van der Waals surface area contributed by atoms with E-state index >= 15 is 0 Å². The lowest BCUT2D eigenvalue weighted by molar-refractivity contribution is 0.210. The summed E-state index contributed by atoms with van der Waals surface area (Å²) in [6.45, 7) is 0. The molecule has 0 aromatic heterocycles. The van der Waals surface area contributed by atoms with Crippen LogP contribution >= 0.6 is 11.6 Å². The van der Waals surface area contributed by atoms with Gasteiger partial charge in [-0.05, 0) is 18.2 Å². The monoisotopic (exact) mass is 191 g/mol. The maximum Gasteiger partial charge on any atom is 0.409 e. The van der Waals surface area contributed by atoms with Gasteiger partial charge in [-0.2, -0.15) is 0 Å². The van der Waals surface area contributed by atoms with Crippen molar-refractivity contribution in [3.8, 4) is 0 Å². The molecule has 0 aliphatic carbocycles. The summed E-state index contributed by atoms with van der Waals surface area (Å²) in [5.41, 5.74) is 0.477. The fraction of sp³-hybridized carbons (Fsp3) is 0. The topological polar surface area (TPSA) is 49.3 Å². The van der Waals surface area contributed by atoms with Crippen LogP contribution in [0.15, 0.2) is 24.3 Å². The Morgan fingerprint density at radius 1 is 1.50 bits per heavy atom. The number of carbonyl (C=O) groups is 1. The molecule has 5 heteroatoms. The Kier molecular flexibility index (Phi) is 4.07. The Labute approximate surface area is 73.3 Å². The van der Waals surface area contributed by atoms with E-state index in [1.54, 1.807) is 18.2 Å². The van der Waals surface area contributed by atoms with Crippen molar-refractivity contribution in [3.05, 3.63) is 29.3 Å². The van der Waals surface area contributed by atoms with Gasteiger partial charge in [-0.25, -0.2) is 4.79 Å². The Bertz CT molecular complexity index is 280. The molecule has 0 atom stereocenters. The second-order valence-corrected chi connectivity index (χ2v) is 2.38. The van der Waals surface area contributed by atoms with Crippen molar-refractivity contribution < 1.29 is 14.6 Å². The molecule has 0 aliphatic rings. The van der Waals surface area contributed by atoms with Crippen molar-refractivity contribution in [1.29, 1.82) is 0 Å². The van der Waals surface area contributed by atoms with Crippen LogP contribution in [0.2, 0.25) is 5.02 Å². The van der Waals surface area contributed by atoms with Crippen LogP contribution < -0.4 is 5.32 Å². The zero-order chi connectivity index (χ0) is 8.27. The predicted molar refractivity (Wildman–Crippen MR) is 45.6 cm³/mol. The zero-order valence-corrected chi connectivity index (χ0v) is 6.71. The summed E-state index contributed by atoms with van der Waals surface area (Å²) in [6, 6.07) is 6.51. The first-order valence-corrected chi connectivity index (χ1v) is 3.32. The molecular formula is C7H7ClFNO2. The second kappa shape index (κ2) is 4.56. The highest BCUT2D eigenvalue weighted by Crippen LogP contribution is 2.14. The van der Waals surface area contributed by atoms with Gasteiger partial charge in [-0.15, -0.1) is 0 Å². The highest BCUT2D eigenvalue weighted by Gasteiger charge is 1.96. The number of anilines is 1. The maximum absolute atomic E-state index is 10.1. The minimum absolute atomic E-state index is 0. The highest BCUT2D eigenvalue weighted by molar-refractivity contribution is 6.30. The number of rotatable bonds is 1. The first-order valence-electron chi connectivity index (χ1n) is 2.94. The van der Waals surface area contributed by atoms with Crippen molar-refractivity contribution >= 4 is 23.4 Å². The lowest BCUT2D eigenvalue weighted by atomic mass is 10.3. The van der Waals surface area contributed by atoms with Crippen molar-refractivity contribution in [3.63, 3.8) is 0 Å². The Balaban J connectivity index is 0.00000121. The van der Waals surface area contributed by atoms with Crippen LogP contribution in [-0.4, -0.2) is 11.2 Å². The Morgan fingerprint density at radius 3 is 2.67 bits per heavy atom. The van der Waals surface area contributed by atoms with E-state index in [9.17, 15) is 4.79 Å². The summed E-state index contributed by atoms with van der Waals surface area (Å²) in [5, 5.41) is 11.0. The van der Waals surface area contributed by atoms with Gasteiger partial charge in [0.25, 0.3) is 0 Å². The van der Waals surface area contributed by atoms with Crippen LogP contribution in [0.25, 0.3) is 0 Å². The number of hydrogen-bond acceptors (Lipinski definition) is 1. The van der Waals surface area contributed by atoms with Crippen molar-refractivity contribution in [2.75, 3.05) is 5.32 Å². The van der Waals surface area contributed by atoms with Gasteiger partial charge in [0, 0.05) is 10.7 Å². The summed E-state index contributed by atoms with van der Waals surface area (Å²) < 4.78 is 0. The van der Waals surface area contributed by atoms with E-state index in [0.29, 0.717) is 10.7 Å². The van der Waals surface area contributed by atoms with Gasteiger partial charge >= 0.3 is 6.09 Å². The predicted octanol–water partition coefficient (Wildman–Crippen LogP) is 2.58. The molecular weight excluding hydrogens is 185 g/mol. The molecule has 0 radical (unpaired) electrons. The number of amides is 1. The van der Waals surface area contributed by atoms with Crippen LogP contribution in [0, 0.1) is 0 Å². The van der Waals surface area contributed by atoms with Gasteiger partial charge in [0.2, 0.25) is 0 Å². The fourth-order valence-corrected chi connectivity index (χ4v) is 0.880. The van der Waals surface area contributed by atoms with Gasteiger partial charge in [0.15, 0.2) is 0 Å². The minimum Gasteiger partial charge on any atom is -0.465 e. The van der Waals surface area contributed by atoms with E-state index in [1.807, 2.05) is 0 Å². The number of nitrogens with one attached hydrogen (secondary N) is 1. The third-order valence-corrected chi connectivity index (χ3v) is 1.31. The third-order valence-electron chi connectivity index (χ3n) is 1.08. The summed E-state index contributed by atoms with van der Waals surface area (Å²) in [5.74, 6) is 0. The van der Waals surface area contributed by atoms with E-state index in [1.165, 1.54) is 6.07 Å². The van der Waals surface area contributed by atoms with Gasteiger partial charge in [-0.3, -0.25) is 10.0 Å². The lowest BCUT2D eigenvalue weighted by Gasteiger charge is -1.98. The first-order chi connectivity index (χ1) is 5.18. The molecule has 0 aliphatic heterocycles. The summed E-state index contributed by atoms with van der Waals surface area (Å²) in [7, 11) is 0. The molecule has 1 aromatic carbocycles. The van der Waals surface area contributed by atoms with Crippen LogP contribution in [0.5, 0.6) is 0 Å². The molecule has 0 spiro atoms. The highest BCUT2D eigenvalue weighted by atomic mass is 35.5. The summed E-state index contributed by atoms with van der Waals surface area (Å²) >= 11 is 5.60. The molecule has 2 N–H and O–H groups in total. The third kappa shape index (κ3) is 3.21. The second-order valence-electron chi connectivity index (χ2n) is 1.94. The van der Waals surface area contributed by atoms with Crippen molar-refractivity contribution in [2.24, 2.45) is 0 Å². The summed E-state index contributed by atoms with van der Waals surface area (Å²) in [4.78, 5) is 10.1. The number of hydrogen-bond donors (Lipinski definition) is 2. The molecule has 1 aromatic rings. The molecule has 0 fully saturated rings. The van der Waals surface area contributed by atoms with E-state index in [0.717, 1.165) is 0 Å². The molecule has 0 unspecified atom stereocenters. The Morgan fingerprint density at radius 2 is 2.17 bits per heavy atom. The number of halogens is 2. The lowest BCUT2D eigenvalue weighted by Crippen LogP contribution is -2.06. The molecule has 3 nitrogen and oxygen atoms in total. The largest absolute Gasteiger partial charge is 0.465 e. The first kappa shape index (κ1) is 10.7. The van der Waals surface area contributed by atoms with E-state index < -0.39 is 6.09 Å². The molecule has 0 saturated carbocycles. The van der Waals surface area contributed by atoms with E-state index in [-0.39, 0.29) is 4.70 Å². The standard InChI is InChI=1S/C7H6ClNO2.FH/c8-5-2-1-3-6(4-5)9-7(10)11;/h1-4,9H,(H,10,11);1H. The fourth-order valence-electron chi connectivity index (χ4n) is 0.690. The number of carboxylic acid groups (broad SMARTS) is 1. The van der Waals surface area contributed by atoms with Crippen LogP contribution in [0.3, 0.4) is 0 Å². The average molecular weight is 192 g/mol. The van der Waals surface area contributed by atoms with Gasteiger partial charge in [-0.1, -0.05) is 17.7 Å². The van der Waals surface area contributed by atoms with Crippen LogP contribution in [-0.2, 0) is 0 Å². The van der Waals surface area contributed by atoms with Gasteiger partial charge in [0.1, 0.15) is 0 Å². The zero-order valence-electron chi connectivity index (χ0n) is 5.95. The smallest absolute Gasteiger partial charge is 0.409 e. The van der Waals surface area contributed by atoms with Crippen LogP contribution in [0.4, 0.5) is 15.2 Å². The van der Waals surface area contributed by atoms with Crippen LogP contribution in [0.1, 0.15) is 0 Å². The molecule has 66 valence electrons.